The molecule has 29 heavy (non-hydrogen) atoms. The predicted molar refractivity (Wildman–Crippen MR) is 111 cm³/mol. The predicted octanol–water partition coefficient (Wildman–Crippen LogP) is 6.45. The number of rotatable bonds is 7. The molecule has 0 radical (unpaired) electrons. The smallest absolute Gasteiger partial charge is 0.387 e. The minimum Gasteiger partial charge on any atom is -0.489 e. The average Bonchev–Trinajstić information content (AvgIpc) is 3.10. The summed E-state index contributed by atoms with van der Waals surface area (Å²) in [5, 5.41) is 4.52. The summed E-state index contributed by atoms with van der Waals surface area (Å²) in [6.45, 7) is 1.39. The maximum Gasteiger partial charge on any atom is 0.387 e. The van der Waals surface area contributed by atoms with Gasteiger partial charge in [-0.1, -0.05) is 17.7 Å². The van der Waals surface area contributed by atoms with Crippen molar-refractivity contribution in [1.82, 2.24) is 0 Å². The van der Waals surface area contributed by atoms with E-state index in [1.807, 2.05) is 31.4 Å². The van der Waals surface area contributed by atoms with Crippen LogP contribution in [-0.2, 0) is 6.61 Å². The van der Waals surface area contributed by atoms with Gasteiger partial charge in [-0.25, -0.2) is 0 Å². The Hall–Kier alpha value is -2.64. The van der Waals surface area contributed by atoms with Gasteiger partial charge in [-0.3, -0.25) is 4.79 Å². The van der Waals surface area contributed by atoms with Crippen LogP contribution in [-0.4, -0.2) is 12.5 Å². The Labute approximate surface area is 176 Å². The van der Waals surface area contributed by atoms with E-state index in [9.17, 15) is 13.6 Å². The van der Waals surface area contributed by atoms with Crippen LogP contribution in [0.25, 0.3) is 0 Å². The van der Waals surface area contributed by atoms with Crippen molar-refractivity contribution >= 4 is 34.5 Å². The SMILES string of the molecule is Cc1cc(C)cc(OCc2csc(C(=O)Nc3ccc(OC(F)F)c(Cl)c3)c2)c1. The molecule has 0 saturated carbocycles. The number of hydrogen-bond donors (Lipinski definition) is 1. The van der Waals surface area contributed by atoms with E-state index in [1.165, 1.54) is 29.5 Å². The van der Waals surface area contributed by atoms with Crippen molar-refractivity contribution < 1.29 is 23.0 Å². The van der Waals surface area contributed by atoms with Crippen molar-refractivity contribution in [2.45, 2.75) is 27.1 Å². The molecule has 3 rings (SSSR count). The minimum atomic E-state index is -2.97. The van der Waals surface area contributed by atoms with E-state index in [2.05, 4.69) is 16.1 Å². The molecule has 1 heterocycles. The second-order valence-corrected chi connectivity index (χ2v) is 7.73. The van der Waals surface area contributed by atoms with Crippen LogP contribution in [0.2, 0.25) is 5.02 Å². The van der Waals surface area contributed by atoms with Crippen molar-refractivity contribution in [1.29, 1.82) is 0 Å². The highest BCUT2D eigenvalue weighted by Gasteiger charge is 2.13. The number of anilines is 1. The van der Waals surface area contributed by atoms with E-state index in [4.69, 9.17) is 16.3 Å². The van der Waals surface area contributed by atoms with Gasteiger partial charge in [-0.2, -0.15) is 8.78 Å². The molecular weight excluding hydrogens is 420 g/mol. The lowest BCUT2D eigenvalue weighted by Crippen LogP contribution is -2.10. The molecule has 0 bridgehead atoms. The molecule has 2 aromatic carbocycles. The number of hydrogen-bond acceptors (Lipinski definition) is 4. The molecule has 8 heteroatoms. The standard InChI is InChI=1S/C21H18ClF2NO3S/c1-12-5-13(2)7-16(6-12)27-10-14-8-19(29-11-14)20(26)25-15-3-4-18(17(22)9-15)28-21(23)24/h3-9,11,21H,10H2,1-2H3,(H,25,26). The molecule has 4 nitrogen and oxygen atoms in total. The molecule has 0 unspecified atom stereocenters. The maximum absolute atomic E-state index is 12.4. The molecule has 0 aliphatic heterocycles. The van der Waals surface area contributed by atoms with Gasteiger partial charge < -0.3 is 14.8 Å². The van der Waals surface area contributed by atoms with Crippen LogP contribution in [0.1, 0.15) is 26.4 Å². The number of thiophene rings is 1. The summed E-state index contributed by atoms with van der Waals surface area (Å²) in [5.74, 6) is 0.299. The summed E-state index contributed by atoms with van der Waals surface area (Å²) >= 11 is 7.19. The lowest BCUT2D eigenvalue weighted by Gasteiger charge is -2.09. The zero-order valence-electron chi connectivity index (χ0n) is 15.7. The van der Waals surface area contributed by atoms with Crippen molar-refractivity contribution in [3.8, 4) is 11.5 Å². The monoisotopic (exact) mass is 437 g/mol. The quantitative estimate of drug-likeness (QED) is 0.462. The number of carbonyl (C=O) groups is 1. The molecule has 1 aromatic heterocycles. The molecule has 0 aliphatic rings. The van der Waals surface area contributed by atoms with E-state index >= 15 is 0 Å². The molecule has 0 atom stereocenters. The topological polar surface area (TPSA) is 47.6 Å². The van der Waals surface area contributed by atoms with Crippen LogP contribution in [0.4, 0.5) is 14.5 Å². The molecule has 1 N–H and O–H groups in total. The Bertz CT molecular complexity index is 1000. The first kappa shape index (κ1) is 21.1. The van der Waals surface area contributed by atoms with Crippen LogP contribution in [0.5, 0.6) is 11.5 Å². The molecule has 0 aliphatic carbocycles. The first-order chi connectivity index (χ1) is 13.8. The van der Waals surface area contributed by atoms with Crippen molar-refractivity contribution in [3.63, 3.8) is 0 Å². The fraction of sp³-hybridized carbons (Fsp3) is 0.190. The normalized spacial score (nSPS) is 10.8. The number of amides is 1. The number of aryl methyl sites for hydroxylation is 2. The van der Waals surface area contributed by atoms with Crippen molar-refractivity contribution in [3.05, 3.63) is 74.4 Å². The molecule has 0 spiro atoms. The van der Waals surface area contributed by atoms with Gasteiger partial charge in [0.05, 0.1) is 9.90 Å². The molecule has 0 saturated heterocycles. The summed E-state index contributed by atoms with van der Waals surface area (Å²) in [6.07, 6.45) is 0. The van der Waals surface area contributed by atoms with Gasteiger partial charge in [0, 0.05) is 11.3 Å². The van der Waals surface area contributed by atoms with Crippen LogP contribution in [0.3, 0.4) is 0 Å². The van der Waals surface area contributed by atoms with Gasteiger partial charge in [-0.15, -0.1) is 11.3 Å². The lowest BCUT2D eigenvalue weighted by molar-refractivity contribution is -0.0497. The van der Waals surface area contributed by atoms with E-state index in [0.717, 1.165) is 22.4 Å². The highest BCUT2D eigenvalue weighted by molar-refractivity contribution is 7.12. The van der Waals surface area contributed by atoms with Gasteiger partial charge in [0.1, 0.15) is 18.1 Å². The third kappa shape index (κ3) is 5.92. The fourth-order valence-corrected chi connectivity index (χ4v) is 3.73. The van der Waals surface area contributed by atoms with Crippen LogP contribution in [0.15, 0.2) is 47.8 Å². The van der Waals surface area contributed by atoms with Gasteiger partial charge in [0.15, 0.2) is 0 Å². The average molecular weight is 438 g/mol. The summed E-state index contributed by atoms with van der Waals surface area (Å²) < 4.78 is 34.7. The van der Waals surface area contributed by atoms with Crippen LogP contribution in [0, 0.1) is 13.8 Å². The number of benzene rings is 2. The summed E-state index contributed by atoms with van der Waals surface area (Å²) in [4.78, 5) is 12.9. The largest absolute Gasteiger partial charge is 0.489 e. The maximum atomic E-state index is 12.4. The molecule has 152 valence electrons. The number of carbonyl (C=O) groups excluding carboxylic acids is 1. The van der Waals surface area contributed by atoms with Crippen molar-refractivity contribution in [2.75, 3.05) is 5.32 Å². The van der Waals surface area contributed by atoms with Gasteiger partial charge in [0.25, 0.3) is 5.91 Å². The van der Waals surface area contributed by atoms with E-state index in [0.29, 0.717) is 17.2 Å². The summed E-state index contributed by atoms with van der Waals surface area (Å²) in [5.41, 5.74) is 3.49. The first-order valence-electron chi connectivity index (χ1n) is 8.64. The molecule has 1 amide bonds. The van der Waals surface area contributed by atoms with Gasteiger partial charge in [-0.05, 0) is 66.8 Å². The molecule has 3 aromatic rings. The third-order valence-corrected chi connectivity index (χ3v) is 5.16. The van der Waals surface area contributed by atoms with Gasteiger partial charge in [0.2, 0.25) is 0 Å². The van der Waals surface area contributed by atoms with Crippen molar-refractivity contribution in [2.24, 2.45) is 0 Å². The number of halogens is 3. The highest BCUT2D eigenvalue weighted by atomic mass is 35.5. The zero-order valence-corrected chi connectivity index (χ0v) is 17.2. The Kier molecular flexibility index (Phi) is 6.71. The Morgan fingerprint density at radius 1 is 1.14 bits per heavy atom. The van der Waals surface area contributed by atoms with Crippen LogP contribution >= 0.6 is 22.9 Å². The highest BCUT2D eigenvalue weighted by Crippen LogP contribution is 2.29. The van der Waals surface area contributed by atoms with Crippen LogP contribution < -0.4 is 14.8 Å². The zero-order chi connectivity index (χ0) is 21.0. The number of nitrogens with one attached hydrogen (secondary N) is 1. The molecular formula is C21H18ClF2NO3S. The second-order valence-electron chi connectivity index (χ2n) is 6.41. The fourth-order valence-electron chi connectivity index (χ4n) is 2.72. The minimum absolute atomic E-state index is 0.0168. The van der Waals surface area contributed by atoms with Gasteiger partial charge >= 0.3 is 6.61 Å². The third-order valence-electron chi connectivity index (χ3n) is 3.88. The van der Waals surface area contributed by atoms with E-state index in [1.54, 1.807) is 6.07 Å². The second kappa shape index (κ2) is 9.24. The number of ether oxygens (including phenoxy) is 2. The summed E-state index contributed by atoms with van der Waals surface area (Å²) in [7, 11) is 0. The Morgan fingerprint density at radius 3 is 2.52 bits per heavy atom. The Balaban J connectivity index is 1.61. The number of alkyl halides is 2. The van der Waals surface area contributed by atoms with E-state index in [-0.39, 0.29) is 16.7 Å². The van der Waals surface area contributed by atoms with E-state index < -0.39 is 6.61 Å². The molecule has 0 fully saturated rings. The summed E-state index contributed by atoms with van der Waals surface area (Å²) in [6, 6.07) is 11.8. The Morgan fingerprint density at radius 2 is 1.86 bits per heavy atom. The first-order valence-corrected chi connectivity index (χ1v) is 9.90. The lowest BCUT2D eigenvalue weighted by atomic mass is 10.1.